The second-order valence-corrected chi connectivity index (χ2v) is 16.3. The molecule has 0 aliphatic carbocycles. The maximum Gasteiger partial charge on any atom is 0.208 e. The van der Waals surface area contributed by atoms with Gasteiger partial charge in [0.2, 0.25) is 8.37 Å². The fourth-order valence-electron chi connectivity index (χ4n) is 5.07. The number of fused-ring (bicyclic) bond motifs is 3. The highest BCUT2D eigenvalue weighted by molar-refractivity contribution is 8.15. The molecule has 0 amide bonds. The number of benzene rings is 1. The average Bonchev–Trinajstić information content (AvgIpc) is 3.51. The van der Waals surface area contributed by atoms with Crippen LogP contribution in [0.1, 0.15) is 119 Å². The quantitative estimate of drug-likeness (QED) is 0.122. The summed E-state index contributed by atoms with van der Waals surface area (Å²) >= 11 is 1.89. The van der Waals surface area contributed by atoms with Gasteiger partial charge in [-0.2, -0.15) is 4.55 Å². The molecular formula is C31H58N6P2S. The lowest BCUT2D eigenvalue weighted by molar-refractivity contribution is 0.336. The van der Waals surface area contributed by atoms with E-state index in [9.17, 15) is 0 Å². The summed E-state index contributed by atoms with van der Waals surface area (Å²) in [6.07, 6.45) is 15.0. The summed E-state index contributed by atoms with van der Waals surface area (Å²) in [4.78, 5) is 1.37. The van der Waals surface area contributed by atoms with Crippen molar-refractivity contribution in [2.24, 2.45) is 5.10 Å². The van der Waals surface area contributed by atoms with E-state index in [2.05, 4.69) is 89.0 Å². The number of unbranched alkanes of at least 4 members (excludes halogenated alkanes) is 6. The molecule has 0 N–H and O–H groups in total. The highest BCUT2D eigenvalue weighted by Crippen LogP contribution is 2.70. The van der Waals surface area contributed by atoms with Gasteiger partial charge in [0.1, 0.15) is 0 Å². The Kier molecular flexibility index (Phi) is 16.2. The van der Waals surface area contributed by atoms with E-state index in [4.69, 9.17) is 5.10 Å². The first-order valence-electron chi connectivity index (χ1n) is 16.4. The third-order valence-corrected chi connectivity index (χ3v) is 13.9. The van der Waals surface area contributed by atoms with Gasteiger partial charge in [-0.25, -0.2) is 4.67 Å². The first-order chi connectivity index (χ1) is 19.6. The molecule has 0 saturated heterocycles. The van der Waals surface area contributed by atoms with Crippen LogP contribution in [0, 0.1) is 0 Å². The molecule has 1 aromatic rings. The molecule has 0 radical (unpaired) electrons. The van der Waals surface area contributed by atoms with Crippen LogP contribution in [0.15, 0.2) is 34.3 Å². The highest BCUT2D eigenvalue weighted by Gasteiger charge is 2.50. The number of para-hydroxylation sites is 1. The minimum Gasteiger partial charge on any atom is -0.264 e. The Bertz CT molecular complexity index is 830. The maximum atomic E-state index is 5.63. The predicted octanol–water partition coefficient (Wildman–Crippen LogP) is 10.3. The summed E-state index contributed by atoms with van der Waals surface area (Å²) in [6, 6.07) is 9.02. The van der Waals surface area contributed by atoms with Crippen molar-refractivity contribution < 1.29 is 0 Å². The molecule has 0 bridgehead atoms. The van der Waals surface area contributed by atoms with Gasteiger partial charge < -0.3 is 0 Å². The number of hydrogen-bond donors (Lipinski definition) is 0. The van der Waals surface area contributed by atoms with E-state index in [0.717, 1.165) is 13.1 Å². The zero-order valence-electron chi connectivity index (χ0n) is 26.5. The lowest BCUT2D eigenvalue weighted by atomic mass is 10.3. The van der Waals surface area contributed by atoms with Gasteiger partial charge in [0.25, 0.3) is 0 Å². The van der Waals surface area contributed by atoms with Gasteiger partial charge in [0.15, 0.2) is 13.5 Å². The van der Waals surface area contributed by atoms with Crippen molar-refractivity contribution in [3.05, 3.63) is 24.3 Å². The van der Waals surface area contributed by atoms with Crippen LogP contribution in [-0.2, 0) is 0 Å². The minimum atomic E-state index is -0.765. The van der Waals surface area contributed by atoms with E-state index in [-0.39, 0.29) is 0 Å². The number of thioether (sulfide) groups is 1. The van der Waals surface area contributed by atoms with Gasteiger partial charge in [-0.15, -0.1) is 5.10 Å². The zero-order valence-corrected chi connectivity index (χ0v) is 29.1. The van der Waals surface area contributed by atoms with Crippen LogP contribution in [0.25, 0.3) is 0 Å². The fourth-order valence-corrected chi connectivity index (χ4v) is 12.6. The Balaban J connectivity index is 2.12. The number of amidine groups is 1. The molecule has 2 aliphatic heterocycles. The van der Waals surface area contributed by atoms with Crippen molar-refractivity contribution in [1.82, 2.24) is 18.6 Å². The van der Waals surface area contributed by atoms with Gasteiger partial charge >= 0.3 is 0 Å². The Labute approximate surface area is 254 Å². The summed E-state index contributed by atoms with van der Waals surface area (Å²) in [6.45, 7) is 21.1. The van der Waals surface area contributed by atoms with E-state index in [0.29, 0.717) is 0 Å². The topological polar surface area (TPSA) is 28.6 Å². The Morgan fingerprint density at radius 2 is 1.12 bits per heavy atom. The van der Waals surface area contributed by atoms with E-state index in [1.807, 2.05) is 11.8 Å². The first-order valence-corrected chi connectivity index (χ1v) is 19.7. The monoisotopic (exact) mass is 608 g/mol. The molecule has 9 heteroatoms. The number of nitrogens with zero attached hydrogens (tertiary/aromatic N) is 6. The van der Waals surface area contributed by atoms with Crippen LogP contribution in [-0.4, -0.2) is 63.0 Å². The van der Waals surface area contributed by atoms with Crippen LogP contribution < -0.4 is 4.67 Å². The molecule has 2 heterocycles. The molecule has 3 rings (SSSR count). The summed E-state index contributed by atoms with van der Waals surface area (Å²) in [5.74, 6) is 0. The fraction of sp³-hybridized carbons (Fsp3) is 0.774. The molecule has 0 spiro atoms. The van der Waals surface area contributed by atoms with Crippen LogP contribution in [0.5, 0.6) is 0 Å². The molecular weight excluding hydrogens is 550 g/mol. The number of hydrazone groups is 1. The Hall–Kier alpha value is -0.420. The Morgan fingerprint density at radius 3 is 1.60 bits per heavy atom. The summed E-state index contributed by atoms with van der Waals surface area (Å²) in [7, 11) is -1.47. The summed E-state index contributed by atoms with van der Waals surface area (Å²) < 4.78 is 13.9. The van der Waals surface area contributed by atoms with Crippen molar-refractivity contribution in [3.63, 3.8) is 0 Å². The normalized spacial score (nSPS) is 16.6. The zero-order chi connectivity index (χ0) is 28.7. The van der Waals surface area contributed by atoms with E-state index < -0.39 is 16.7 Å². The van der Waals surface area contributed by atoms with E-state index in [1.165, 1.54) is 119 Å². The van der Waals surface area contributed by atoms with Gasteiger partial charge in [0.05, 0.1) is 5.69 Å². The largest absolute Gasteiger partial charge is 0.264 e. The van der Waals surface area contributed by atoms with Gasteiger partial charge in [-0.3, -0.25) is 14.0 Å². The maximum absolute atomic E-state index is 5.63. The lowest BCUT2D eigenvalue weighted by Gasteiger charge is -2.47. The molecule has 0 aromatic heterocycles. The van der Waals surface area contributed by atoms with E-state index >= 15 is 0 Å². The molecule has 1 unspecified atom stereocenters. The molecule has 2 aliphatic rings. The third-order valence-electron chi connectivity index (χ3n) is 7.53. The predicted molar refractivity (Wildman–Crippen MR) is 182 cm³/mol. The Morgan fingerprint density at radius 1 is 0.675 bits per heavy atom. The van der Waals surface area contributed by atoms with Crippen molar-refractivity contribution in [3.8, 4) is 0 Å². The molecule has 1 atom stereocenters. The molecule has 40 heavy (non-hydrogen) atoms. The van der Waals surface area contributed by atoms with Crippen molar-refractivity contribution in [2.45, 2.75) is 123 Å². The lowest BCUT2D eigenvalue weighted by Crippen LogP contribution is -2.39. The van der Waals surface area contributed by atoms with Crippen LogP contribution in [0.2, 0.25) is 0 Å². The van der Waals surface area contributed by atoms with Crippen molar-refractivity contribution >= 4 is 39.4 Å². The first kappa shape index (κ1) is 34.1. The molecule has 1 aromatic carbocycles. The van der Waals surface area contributed by atoms with Gasteiger partial charge in [0, 0.05) is 44.2 Å². The van der Waals surface area contributed by atoms with Crippen LogP contribution >= 0.6 is 28.5 Å². The second-order valence-electron chi connectivity index (χ2n) is 11.1. The van der Waals surface area contributed by atoms with Crippen molar-refractivity contribution in [1.29, 1.82) is 0 Å². The van der Waals surface area contributed by atoms with E-state index in [1.54, 1.807) is 0 Å². The third kappa shape index (κ3) is 9.04. The number of rotatable bonds is 22. The highest BCUT2D eigenvalue weighted by atomic mass is 32.2. The average molecular weight is 609 g/mol. The molecule has 228 valence electrons. The summed E-state index contributed by atoms with van der Waals surface area (Å²) in [5.41, 5.74) is 1.37. The molecule has 6 nitrogen and oxygen atoms in total. The standard InChI is InChI=1S/C31H58N6P2S/c1-7-13-23-33(24-14-8-2)38(34(25-15-9-3)26-16-10-4)37-32-31-36(29-21-19-20-22-30(29)40-31)39(37)35(27-17-11-5)28-18-12-6/h19-22H,7-18,23-28H2,1-6H3. The second kappa shape index (κ2) is 19.0. The smallest absolute Gasteiger partial charge is 0.208 e. The molecule has 0 fully saturated rings. The number of hydrogen-bond acceptors (Lipinski definition) is 7. The van der Waals surface area contributed by atoms with Gasteiger partial charge in [-0.1, -0.05) is 92.2 Å². The SMILES string of the molecule is CCCCN(CCCC)P(N(CCCC)CCCC)N1N=C2Sc3ccccc3N2P1N(CCCC)CCCC. The van der Waals surface area contributed by atoms with Gasteiger partial charge in [-0.05, 0) is 62.4 Å². The van der Waals surface area contributed by atoms with Crippen LogP contribution in [0.3, 0.4) is 0 Å². The minimum absolute atomic E-state index is 0.707. The number of anilines is 1. The summed E-state index contributed by atoms with van der Waals surface area (Å²) in [5, 5.41) is 6.83. The van der Waals surface area contributed by atoms with Crippen molar-refractivity contribution in [2.75, 3.05) is 43.9 Å². The molecule has 0 saturated carbocycles. The van der Waals surface area contributed by atoms with Crippen LogP contribution in [0.4, 0.5) is 5.69 Å².